The topological polar surface area (TPSA) is 104 Å². The third kappa shape index (κ3) is 6.08. The van der Waals surface area contributed by atoms with E-state index >= 15 is 0 Å². The van der Waals surface area contributed by atoms with Gasteiger partial charge in [0.2, 0.25) is 11.8 Å². The lowest BCUT2D eigenvalue weighted by molar-refractivity contribution is -0.140. The largest absolute Gasteiger partial charge is 0.354 e. The van der Waals surface area contributed by atoms with Crippen molar-refractivity contribution in [1.29, 1.82) is 0 Å². The molecule has 9 heteroatoms. The Labute approximate surface area is 207 Å². The fraction of sp³-hybridized carbons (Fsp3) is 0.423. The van der Waals surface area contributed by atoms with E-state index in [1.807, 2.05) is 45.0 Å². The van der Waals surface area contributed by atoms with E-state index < -0.39 is 22.0 Å². The van der Waals surface area contributed by atoms with Crippen LogP contribution in [-0.4, -0.2) is 54.5 Å². The molecule has 0 spiro atoms. The van der Waals surface area contributed by atoms with Crippen LogP contribution in [0.5, 0.6) is 0 Å². The van der Waals surface area contributed by atoms with Crippen molar-refractivity contribution >= 4 is 27.7 Å². The van der Waals surface area contributed by atoms with Gasteiger partial charge in [0.1, 0.15) is 10.9 Å². The summed E-state index contributed by atoms with van der Waals surface area (Å²) in [5, 5.41) is 2.87. The molecule has 8 nitrogen and oxygen atoms in total. The lowest BCUT2D eigenvalue weighted by atomic mass is 10.1. The Balaban J connectivity index is 1.69. The number of nitrogens with one attached hydrogen (secondary N) is 1. The smallest absolute Gasteiger partial charge is 0.269 e. The molecule has 2 aromatic carbocycles. The summed E-state index contributed by atoms with van der Waals surface area (Å²) < 4.78 is 26.3. The zero-order chi connectivity index (χ0) is 25.8. The number of rotatable bonds is 10. The molecule has 2 aromatic rings. The molecule has 1 aliphatic heterocycles. The minimum absolute atomic E-state index is 0.00328. The first kappa shape index (κ1) is 26.4. The Bertz CT molecular complexity index is 1190. The summed E-state index contributed by atoms with van der Waals surface area (Å²) in [4.78, 5) is 40.1. The Morgan fingerprint density at radius 1 is 1.03 bits per heavy atom. The Morgan fingerprint density at radius 2 is 1.69 bits per heavy atom. The van der Waals surface area contributed by atoms with Gasteiger partial charge in [0, 0.05) is 26.1 Å². The molecule has 0 aromatic heterocycles. The van der Waals surface area contributed by atoms with E-state index in [9.17, 15) is 22.8 Å². The fourth-order valence-corrected chi connectivity index (χ4v) is 5.50. The molecule has 188 valence electrons. The number of fused-ring (bicyclic) bond motifs is 1. The van der Waals surface area contributed by atoms with Crippen molar-refractivity contribution in [3.63, 3.8) is 0 Å². The van der Waals surface area contributed by atoms with Crippen LogP contribution in [0.15, 0.2) is 53.4 Å². The van der Waals surface area contributed by atoms with E-state index in [0.29, 0.717) is 6.54 Å². The summed E-state index contributed by atoms with van der Waals surface area (Å²) in [7, 11) is -3.92. The van der Waals surface area contributed by atoms with Gasteiger partial charge in [-0.2, -0.15) is 0 Å². The van der Waals surface area contributed by atoms with Crippen LogP contribution in [-0.2, 0) is 26.2 Å². The lowest BCUT2D eigenvalue weighted by Crippen LogP contribution is -2.48. The van der Waals surface area contributed by atoms with Gasteiger partial charge in [-0.25, -0.2) is 12.7 Å². The molecule has 35 heavy (non-hydrogen) atoms. The van der Waals surface area contributed by atoms with Crippen LogP contribution in [0, 0.1) is 12.8 Å². The maximum atomic E-state index is 13.2. The molecular formula is C26H33N3O5S. The van der Waals surface area contributed by atoms with E-state index in [0.717, 1.165) is 15.4 Å². The Kier molecular flexibility index (Phi) is 8.32. The van der Waals surface area contributed by atoms with E-state index in [1.54, 1.807) is 19.1 Å². The van der Waals surface area contributed by atoms with E-state index in [4.69, 9.17) is 0 Å². The number of benzene rings is 2. The predicted molar refractivity (Wildman–Crippen MR) is 133 cm³/mol. The molecule has 3 rings (SSSR count). The molecule has 0 saturated carbocycles. The van der Waals surface area contributed by atoms with Crippen LogP contribution < -0.4 is 5.32 Å². The molecule has 1 N–H and O–H groups in total. The summed E-state index contributed by atoms with van der Waals surface area (Å²) >= 11 is 0. The van der Waals surface area contributed by atoms with E-state index in [2.05, 4.69) is 5.32 Å². The molecule has 0 unspecified atom stereocenters. The first-order valence-corrected chi connectivity index (χ1v) is 13.2. The van der Waals surface area contributed by atoms with Gasteiger partial charge in [0.15, 0.2) is 0 Å². The number of amides is 3. The standard InChI is InChI=1S/C26H33N3O5S/c1-18(2)16-27-25(31)20(4)28(17-21-13-11-19(3)12-14-21)24(30)10-7-15-29-26(32)22-8-5-6-9-23(22)35(29,33)34/h5-6,8-9,11-14,18,20H,7,10,15-17H2,1-4H3,(H,27,31)/t20-/m0/s1. The minimum atomic E-state index is -3.92. The molecule has 1 atom stereocenters. The Morgan fingerprint density at radius 3 is 2.31 bits per heavy atom. The molecular weight excluding hydrogens is 466 g/mol. The highest BCUT2D eigenvalue weighted by molar-refractivity contribution is 7.90. The highest BCUT2D eigenvalue weighted by Crippen LogP contribution is 2.30. The third-order valence-electron chi connectivity index (χ3n) is 5.99. The molecule has 0 radical (unpaired) electrons. The first-order valence-electron chi connectivity index (χ1n) is 11.8. The van der Waals surface area contributed by atoms with Gasteiger partial charge >= 0.3 is 0 Å². The van der Waals surface area contributed by atoms with Crippen molar-refractivity contribution in [2.24, 2.45) is 5.92 Å². The van der Waals surface area contributed by atoms with Crippen LogP contribution in [0.4, 0.5) is 0 Å². The zero-order valence-electron chi connectivity index (χ0n) is 20.7. The molecule has 1 heterocycles. The molecule has 0 bridgehead atoms. The molecule has 1 aliphatic rings. The highest BCUT2D eigenvalue weighted by atomic mass is 32.2. The average Bonchev–Trinajstić information content (AvgIpc) is 3.02. The number of nitrogens with zero attached hydrogens (tertiary/aromatic N) is 2. The van der Waals surface area contributed by atoms with Gasteiger partial charge < -0.3 is 10.2 Å². The fourth-order valence-electron chi connectivity index (χ4n) is 3.89. The van der Waals surface area contributed by atoms with Gasteiger partial charge in [-0.15, -0.1) is 0 Å². The van der Waals surface area contributed by atoms with E-state index in [-0.39, 0.29) is 54.1 Å². The number of hydrogen-bond acceptors (Lipinski definition) is 5. The Hall–Kier alpha value is -3.20. The van der Waals surface area contributed by atoms with Crippen molar-refractivity contribution in [3.8, 4) is 0 Å². The SMILES string of the molecule is Cc1ccc(CN(C(=O)CCCN2C(=O)c3ccccc3S2(=O)=O)[C@@H](C)C(=O)NCC(C)C)cc1. The van der Waals surface area contributed by atoms with Gasteiger partial charge in [0.25, 0.3) is 15.9 Å². The molecule has 3 amide bonds. The number of carbonyl (C=O) groups is 3. The van der Waals surface area contributed by atoms with Crippen molar-refractivity contribution in [2.75, 3.05) is 13.1 Å². The lowest BCUT2D eigenvalue weighted by Gasteiger charge is -2.29. The average molecular weight is 500 g/mol. The van der Waals surface area contributed by atoms with Crippen LogP contribution in [0.3, 0.4) is 0 Å². The summed E-state index contributed by atoms with van der Waals surface area (Å²) in [5.41, 5.74) is 2.13. The summed E-state index contributed by atoms with van der Waals surface area (Å²) in [5.74, 6) is -0.825. The summed E-state index contributed by atoms with van der Waals surface area (Å²) in [6.45, 7) is 8.30. The second-order valence-corrected chi connectivity index (χ2v) is 11.1. The third-order valence-corrected chi connectivity index (χ3v) is 7.83. The molecule has 0 aliphatic carbocycles. The number of sulfonamides is 1. The number of hydrogen-bond donors (Lipinski definition) is 1. The second-order valence-electron chi connectivity index (χ2n) is 9.30. The van der Waals surface area contributed by atoms with Crippen LogP contribution >= 0.6 is 0 Å². The minimum Gasteiger partial charge on any atom is -0.354 e. The predicted octanol–water partition coefficient (Wildman–Crippen LogP) is 3.11. The van der Waals surface area contributed by atoms with Crippen LogP contribution in [0.2, 0.25) is 0 Å². The zero-order valence-corrected chi connectivity index (χ0v) is 21.5. The van der Waals surface area contributed by atoms with Crippen LogP contribution in [0.25, 0.3) is 0 Å². The highest BCUT2D eigenvalue weighted by Gasteiger charge is 2.40. The van der Waals surface area contributed by atoms with Crippen LogP contribution in [0.1, 0.15) is 55.1 Å². The van der Waals surface area contributed by atoms with Crippen molar-refractivity contribution in [3.05, 3.63) is 65.2 Å². The van der Waals surface area contributed by atoms with Gasteiger partial charge in [0.05, 0.1) is 5.56 Å². The molecule has 0 saturated heterocycles. The normalized spacial score (nSPS) is 15.1. The maximum absolute atomic E-state index is 13.2. The van der Waals surface area contributed by atoms with E-state index in [1.165, 1.54) is 17.0 Å². The number of carbonyl (C=O) groups excluding carboxylic acids is 3. The molecule has 0 fully saturated rings. The number of aryl methyl sites for hydroxylation is 1. The van der Waals surface area contributed by atoms with Crippen molar-refractivity contribution < 1.29 is 22.8 Å². The van der Waals surface area contributed by atoms with Gasteiger partial charge in [-0.3, -0.25) is 14.4 Å². The first-order chi connectivity index (χ1) is 16.5. The van der Waals surface area contributed by atoms with Crippen molar-refractivity contribution in [2.45, 2.75) is 58.0 Å². The summed E-state index contributed by atoms with van der Waals surface area (Å²) in [6, 6.07) is 13.1. The quantitative estimate of drug-likeness (QED) is 0.541. The maximum Gasteiger partial charge on any atom is 0.269 e. The summed E-state index contributed by atoms with van der Waals surface area (Å²) in [6.07, 6.45) is 0.159. The second kappa shape index (κ2) is 11.0. The van der Waals surface area contributed by atoms with Gasteiger partial charge in [-0.05, 0) is 43.9 Å². The monoisotopic (exact) mass is 499 g/mol. The van der Waals surface area contributed by atoms with Gasteiger partial charge in [-0.1, -0.05) is 55.8 Å². The van der Waals surface area contributed by atoms with Crippen molar-refractivity contribution in [1.82, 2.24) is 14.5 Å².